The monoisotopic (exact) mass is 440 g/mol. The number of rotatable bonds is 3. The molecular weight excluding hydrogens is 434 g/mol. The smallest absolute Gasteiger partial charge is 0.263 e. The second kappa shape index (κ2) is 5.90. The van der Waals surface area contributed by atoms with E-state index in [9.17, 15) is 17.2 Å². The van der Waals surface area contributed by atoms with Crippen LogP contribution in [0.15, 0.2) is 44.2 Å². The van der Waals surface area contributed by atoms with Gasteiger partial charge in [0.15, 0.2) is 11.6 Å². The number of nitrogens with one attached hydrogen (secondary N) is 1. The summed E-state index contributed by atoms with van der Waals surface area (Å²) in [6.45, 7) is 0. The zero-order valence-corrected chi connectivity index (χ0v) is 14.2. The molecule has 0 aliphatic rings. The van der Waals surface area contributed by atoms with Crippen LogP contribution in [0.1, 0.15) is 0 Å². The molecule has 2 aromatic carbocycles. The van der Waals surface area contributed by atoms with Crippen molar-refractivity contribution in [2.75, 3.05) is 10.5 Å². The van der Waals surface area contributed by atoms with Crippen LogP contribution in [-0.2, 0) is 10.0 Å². The Hall–Kier alpha value is -1.19. The Kier molecular flexibility index (Phi) is 4.54. The van der Waals surface area contributed by atoms with E-state index in [-0.39, 0.29) is 19.5 Å². The highest BCUT2D eigenvalue weighted by atomic mass is 79.9. The molecule has 0 aromatic heterocycles. The third kappa shape index (κ3) is 3.53. The average molecular weight is 442 g/mol. The molecule has 2 rings (SSSR count). The molecule has 4 nitrogen and oxygen atoms in total. The first-order valence-electron chi connectivity index (χ1n) is 5.43. The molecule has 0 bridgehead atoms. The molecule has 0 radical (unpaired) electrons. The minimum absolute atomic E-state index is 0.158. The first kappa shape index (κ1) is 16.2. The SMILES string of the molecule is Nc1ccc(Br)c(S(=O)(=O)Nc2c(F)cc(Br)cc2F)c1. The fourth-order valence-corrected chi connectivity index (χ4v) is 4.03. The molecule has 9 heteroatoms. The molecule has 2 aromatic rings. The quantitative estimate of drug-likeness (QED) is 0.710. The second-order valence-electron chi connectivity index (χ2n) is 4.04. The number of hydrogen-bond donors (Lipinski definition) is 2. The summed E-state index contributed by atoms with van der Waals surface area (Å²) in [6.07, 6.45) is 0. The topological polar surface area (TPSA) is 72.2 Å². The minimum Gasteiger partial charge on any atom is -0.399 e. The van der Waals surface area contributed by atoms with Gasteiger partial charge in [-0.3, -0.25) is 4.72 Å². The van der Waals surface area contributed by atoms with Gasteiger partial charge in [-0.1, -0.05) is 15.9 Å². The lowest BCUT2D eigenvalue weighted by Gasteiger charge is -2.12. The van der Waals surface area contributed by atoms with Crippen molar-refractivity contribution in [3.8, 4) is 0 Å². The average Bonchev–Trinajstić information content (AvgIpc) is 2.36. The Morgan fingerprint density at radius 3 is 2.19 bits per heavy atom. The van der Waals surface area contributed by atoms with Crippen molar-refractivity contribution in [1.82, 2.24) is 0 Å². The third-order valence-corrected chi connectivity index (χ3v) is 5.29. The molecule has 0 saturated carbocycles. The second-order valence-corrected chi connectivity index (χ2v) is 7.46. The van der Waals surface area contributed by atoms with E-state index in [1.54, 1.807) is 0 Å². The maximum atomic E-state index is 13.7. The Labute approximate surface area is 136 Å². The Bertz CT molecular complexity index is 790. The van der Waals surface area contributed by atoms with Crippen LogP contribution in [0.4, 0.5) is 20.2 Å². The molecule has 0 atom stereocenters. The standard InChI is InChI=1S/C12H8Br2F2N2O2S/c13-6-3-9(15)12(10(16)4-6)18-21(19,20)11-5-7(17)1-2-8(11)14/h1-5,18H,17H2. The Morgan fingerprint density at radius 2 is 1.62 bits per heavy atom. The fraction of sp³-hybridized carbons (Fsp3) is 0. The molecule has 0 saturated heterocycles. The molecule has 21 heavy (non-hydrogen) atoms. The van der Waals surface area contributed by atoms with E-state index in [1.165, 1.54) is 18.2 Å². The summed E-state index contributed by atoms with van der Waals surface area (Å²) in [5.41, 5.74) is 4.98. The van der Waals surface area contributed by atoms with Crippen molar-refractivity contribution in [1.29, 1.82) is 0 Å². The van der Waals surface area contributed by atoms with E-state index in [0.29, 0.717) is 0 Å². The summed E-state index contributed by atoms with van der Waals surface area (Å²) < 4.78 is 54.1. The molecule has 0 spiro atoms. The molecule has 112 valence electrons. The van der Waals surface area contributed by atoms with E-state index in [4.69, 9.17) is 5.73 Å². The molecule has 0 heterocycles. The van der Waals surface area contributed by atoms with Gasteiger partial charge in [0.2, 0.25) is 0 Å². The number of anilines is 2. The number of hydrogen-bond acceptors (Lipinski definition) is 3. The van der Waals surface area contributed by atoms with E-state index in [1.807, 2.05) is 4.72 Å². The van der Waals surface area contributed by atoms with Crippen molar-refractivity contribution in [2.45, 2.75) is 4.90 Å². The maximum Gasteiger partial charge on any atom is 0.263 e. The summed E-state index contributed by atoms with van der Waals surface area (Å²) in [5, 5.41) is 0. The zero-order chi connectivity index (χ0) is 15.8. The van der Waals surface area contributed by atoms with Crippen molar-refractivity contribution >= 4 is 53.3 Å². The van der Waals surface area contributed by atoms with E-state index in [2.05, 4.69) is 31.9 Å². The first-order chi connectivity index (χ1) is 9.70. The lowest BCUT2D eigenvalue weighted by molar-refractivity contribution is 0.581. The summed E-state index contributed by atoms with van der Waals surface area (Å²) in [5.74, 6) is -2.07. The Morgan fingerprint density at radius 1 is 1.05 bits per heavy atom. The highest BCUT2D eigenvalue weighted by Crippen LogP contribution is 2.29. The van der Waals surface area contributed by atoms with Gasteiger partial charge in [0.1, 0.15) is 10.6 Å². The van der Waals surface area contributed by atoms with Crippen LogP contribution >= 0.6 is 31.9 Å². The van der Waals surface area contributed by atoms with Crippen molar-refractivity contribution in [2.24, 2.45) is 0 Å². The van der Waals surface area contributed by atoms with Gasteiger partial charge >= 0.3 is 0 Å². The normalized spacial score (nSPS) is 11.4. The van der Waals surface area contributed by atoms with Crippen LogP contribution in [0, 0.1) is 11.6 Å². The Balaban J connectivity index is 2.50. The highest BCUT2D eigenvalue weighted by Gasteiger charge is 2.22. The summed E-state index contributed by atoms with van der Waals surface area (Å²) in [4.78, 5) is -0.218. The van der Waals surface area contributed by atoms with Crippen LogP contribution in [0.25, 0.3) is 0 Å². The van der Waals surface area contributed by atoms with Gasteiger partial charge in [-0.05, 0) is 46.3 Å². The summed E-state index contributed by atoms with van der Waals surface area (Å²) in [7, 11) is -4.20. The third-order valence-electron chi connectivity index (χ3n) is 2.49. The molecular formula is C12H8Br2F2N2O2S. The number of sulfonamides is 1. The van der Waals surface area contributed by atoms with Crippen molar-refractivity contribution in [3.63, 3.8) is 0 Å². The van der Waals surface area contributed by atoms with Gasteiger partial charge in [-0.2, -0.15) is 0 Å². The van der Waals surface area contributed by atoms with Crippen LogP contribution in [0.5, 0.6) is 0 Å². The fourth-order valence-electron chi connectivity index (χ4n) is 1.55. The zero-order valence-electron chi connectivity index (χ0n) is 10.2. The summed E-state index contributed by atoms with van der Waals surface area (Å²) >= 11 is 5.97. The van der Waals surface area contributed by atoms with Gasteiger partial charge < -0.3 is 5.73 Å². The van der Waals surface area contributed by atoms with Gasteiger partial charge in [0, 0.05) is 14.6 Å². The van der Waals surface area contributed by atoms with Gasteiger partial charge in [0.05, 0.1) is 0 Å². The first-order valence-corrected chi connectivity index (χ1v) is 8.50. The predicted molar refractivity (Wildman–Crippen MR) is 83.4 cm³/mol. The van der Waals surface area contributed by atoms with Crippen molar-refractivity contribution < 1.29 is 17.2 Å². The van der Waals surface area contributed by atoms with E-state index in [0.717, 1.165) is 12.1 Å². The molecule has 0 aliphatic carbocycles. The van der Waals surface area contributed by atoms with Crippen LogP contribution in [-0.4, -0.2) is 8.42 Å². The predicted octanol–water partition coefficient (Wildman–Crippen LogP) is 3.87. The molecule has 0 aliphatic heterocycles. The largest absolute Gasteiger partial charge is 0.399 e. The van der Waals surface area contributed by atoms with E-state index >= 15 is 0 Å². The van der Waals surface area contributed by atoms with E-state index < -0.39 is 27.3 Å². The van der Waals surface area contributed by atoms with Gasteiger partial charge in [-0.15, -0.1) is 0 Å². The van der Waals surface area contributed by atoms with Gasteiger partial charge in [-0.25, -0.2) is 17.2 Å². The molecule has 0 fully saturated rings. The minimum atomic E-state index is -4.20. The number of nitrogens with two attached hydrogens (primary N) is 1. The summed E-state index contributed by atoms with van der Waals surface area (Å²) in [6, 6.07) is 6.01. The lowest BCUT2D eigenvalue weighted by Crippen LogP contribution is -2.16. The molecule has 0 amide bonds. The van der Waals surface area contributed by atoms with Crippen LogP contribution in [0.3, 0.4) is 0 Å². The van der Waals surface area contributed by atoms with Crippen LogP contribution in [0.2, 0.25) is 0 Å². The van der Waals surface area contributed by atoms with Gasteiger partial charge in [0.25, 0.3) is 10.0 Å². The number of benzene rings is 2. The maximum absolute atomic E-state index is 13.7. The molecule has 0 unspecified atom stereocenters. The van der Waals surface area contributed by atoms with Crippen molar-refractivity contribution in [3.05, 3.63) is 50.9 Å². The van der Waals surface area contributed by atoms with Crippen LogP contribution < -0.4 is 10.5 Å². The molecule has 3 N–H and O–H groups in total. The number of nitrogen functional groups attached to an aromatic ring is 1. The highest BCUT2D eigenvalue weighted by molar-refractivity contribution is 9.10. The number of halogens is 4. The lowest BCUT2D eigenvalue weighted by atomic mass is 10.3.